The number of anilines is 1. The number of hydrogen-bond acceptors (Lipinski definition) is 4. The maximum absolute atomic E-state index is 11.8. The molecule has 0 radical (unpaired) electrons. The Morgan fingerprint density at radius 2 is 2.05 bits per heavy atom. The fraction of sp³-hybridized carbons (Fsp3) is 0.462. The van der Waals surface area contributed by atoms with Crippen molar-refractivity contribution in [2.24, 2.45) is 0 Å². The summed E-state index contributed by atoms with van der Waals surface area (Å²) < 4.78 is 0. The summed E-state index contributed by atoms with van der Waals surface area (Å²) in [5.74, 6) is -0.384. The van der Waals surface area contributed by atoms with Crippen molar-refractivity contribution >= 4 is 17.5 Å². The number of aryl methyl sites for hydroxylation is 1. The van der Waals surface area contributed by atoms with E-state index in [2.05, 4.69) is 15.6 Å². The van der Waals surface area contributed by atoms with E-state index in [1.165, 1.54) is 6.20 Å². The minimum Gasteiger partial charge on any atom is -0.398 e. The van der Waals surface area contributed by atoms with E-state index in [-0.39, 0.29) is 24.8 Å². The highest BCUT2D eigenvalue weighted by Gasteiger charge is 2.10. The summed E-state index contributed by atoms with van der Waals surface area (Å²) in [6.07, 6.45) is 2.59. The molecule has 0 aromatic carbocycles. The molecule has 0 bridgehead atoms. The summed E-state index contributed by atoms with van der Waals surface area (Å²) in [5, 5.41) is 5.38. The third-order valence-electron chi connectivity index (χ3n) is 2.53. The first-order valence-electron chi connectivity index (χ1n) is 6.31. The topological polar surface area (TPSA) is 97.1 Å². The Balaban J connectivity index is 2.41. The van der Waals surface area contributed by atoms with E-state index in [1.807, 2.05) is 6.92 Å². The molecular weight excluding hydrogens is 244 g/mol. The Hall–Kier alpha value is -2.11. The lowest BCUT2D eigenvalue weighted by Gasteiger charge is -2.08. The van der Waals surface area contributed by atoms with Crippen LogP contribution in [0, 0.1) is 6.92 Å². The van der Waals surface area contributed by atoms with Gasteiger partial charge in [0.2, 0.25) is 5.91 Å². The maximum Gasteiger partial charge on any atom is 0.254 e. The second kappa shape index (κ2) is 7.35. The van der Waals surface area contributed by atoms with Gasteiger partial charge in [0.25, 0.3) is 5.91 Å². The molecule has 0 unspecified atom stereocenters. The molecule has 1 aromatic rings. The Labute approximate surface area is 112 Å². The number of carbonyl (C=O) groups excluding carboxylic acids is 2. The Kier molecular flexibility index (Phi) is 5.78. The van der Waals surface area contributed by atoms with Gasteiger partial charge in [0.15, 0.2) is 0 Å². The molecule has 0 saturated carbocycles. The number of nitrogen functional groups attached to an aromatic ring is 1. The molecule has 0 aliphatic rings. The van der Waals surface area contributed by atoms with Crippen molar-refractivity contribution < 1.29 is 9.59 Å². The standard InChI is InChI=1S/C13H20N4O2/c1-3-5-15-12(18)4-6-16-13(19)10-8-17-9(2)7-11(10)14/h7-8H,3-6H2,1-2H3,(H2,14,17)(H,15,18)(H,16,19). The van der Waals surface area contributed by atoms with Crippen LogP contribution in [0.3, 0.4) is 0 Å². The van der Waals surface area contributed by atoms with E-state index in [0.717, 1.165) is 12.1 Å². The number of aromatic nitrogens is 1. The van der Waals surface area contributed by atoms with Gasteiger partial charge in [-0.15, -0.1) is 0 Å². The molecule has 104 valence electrons. The highest BCUT2D eigenvalue weighted by molar-refractivity contribution is 5.98. The average molecular weight is 264 g/mol. The van der Waals surface area contributed by atoms with Crippen molar-refractivity contribution in [1.82, 2.24) is 15.6 Å². The molecule has 0 aliphatic heterocycles. The Morgan fingerprint density at radius 1 is 1.32 bits per heavy atom. The largest absolute Gasteiger partial charge is 0.398 e. The van der Waals surface area contributed by atoms with Gasteiger partial charge in [0.05, 0.1) is 5.56 Å². The van der Waals surface area contributed by atoms with Crippen molar-refractivity contribution in [3.63, 3.8) is 0 Å². The van der Waals surface area contributed by atoms with E-state index >= 15 is 0 Å². The SMILES string of the molecule is CCCNC(=O)CCNC(=O)c1cnc(C)cc1N. The smallest absolute Gasteiger partial charge is 0.254 e. The third-order valence-corrected chi connectivity index (χ3v) is 2.53. The summed E-state index contributed by atoms with van der Waals surface area (Å²) in [6, 6.07) is 1.64. The van der Waals surface area contributed by atoms with Crippen molar-refractivity contribution in [3.8, 4) is 0 Å². The molecule has 6 heteroatoms. The van der Waals surface area contributed by atoms with Gasteiger partial charge >= 0.3 is 0 Å². The van der Waals surface area contributed by atoms with Crippen LogP contribution < -0.4 is 16.4 Å². The lowest BCUT2D eigenvalue weighted by molar-refractivity contribution is -0.120. The Morgan fingerprint density at radius 3 is 2.68 bits per heavy atom. The first-order chi connectivity index (χ1) is 9.04. The molecule has 19 heavy (non-hydrogen) atoms. The predicted octanol–water partition coefficient (Wildman–Crippen LogP) is 0.618. The zero-order valence-electron chi connectivity index (χ0n) is 11.3. The molecule has 0 saturated heterocycles. The minimum absolute atomic E-state index is 0.0721. The Bertz CT molecular complexity index is 460. The van der Waals surface area contributed by atoms with Crippen molar-refractivity contribution in [2.75, 3.05) is 18.8 Å². The van der Waals surface area contributed by atoms with Crippen LogP contribution >= 0.6 is 0 Å². The van der Waals surface area contributed by atoms with Gasteiger partial charge in [0, 0.05) is 37.1 Å². The molecule has 0 fully saturated rings. The highest BCUT2D eigenvalue weighted by atomic mass is 16.2. The van der Waals surface area contributed by atoms with Crippen LogP contribution in [0.4, 0.5) is 5.69 Å². The van der Waals surface area contributed by atoms with Gasteiger partial charge in [-0.25, -0.2) is 0 Å². The number of pyridine rings is 1. The van der Waals surface area contributed by atoms with Crippen LogP contribution in [-0.2, 0) is 4.79 Å². The van der Waals surface area contributed by atoms with Gasteiger partial charge in [-0.2, -0.15) is 0 Å². The van der Waals surface area contributed by atoms with Gasteiger partial charge in [-0.1, -0.05) is 6.92 Å². The van der Waals surface area contributed by atoms with Crippen LogP contribution in [0.15, 0.2) is 12.3 Å². The summed E-state index contributed by atoms with van der Waals surface area (Å²) >= 11 is 0. The predicted molar refractivity (Wildman–Crippen MR) is 73.6 cm³/mol. The molecule has 2 amide bonds. The number of carbonyl (C=O) groups is 2. The molecule has 6 nitrogen and oxygen atoms in total. The zero-order chi connectivity index (χ0) is 14.3. The zero-order valence-corrected chi connectivity index (χ0v) is 11.3. The summed E-state index contributed by atoms with van der Waals surface area (Å²) in [5.41, 5.74) is 7.22. The van der Waals surface area contributed by atoms with Gasteiger partial charge < -0.3 is 16.4 Å². The number of nitrogens with two attached hydrogens (primary N) is 1. The van der Waals surface area contributed by atoms with E-state index in [0.29, 0.717) is 17.8 Å². The van der Waals surface area contributed by atoms with Gasteiger partial charge in [0.1, 0.15) is 0 Å². The van der Waals surface area contributed by atoms with Crippen molar-refractivity contribution in [2.45, 2.75) is 26.7 Å². The van der Waals surface area contributed by atoms with Crippen molar-refractivity contribution in [3.05, 3.63) is 23.5 Å². The lowest BCUT2D eigenvalue weighted by atomic mass is 10.2. The minimum atomic E-state index is -0.312. The lowest BCUT2D eigenvalue weighted by Crippen LogP contribution is -2.31. The molecule has 4 N–H and O–H groups in total. The van der Waals surface area contributed by atoms with Crippen LogP contribution in [0.1, 0.15) is 35.8 Å². The van der Waals surface area contributed by atoms with Gasteiger partial charge in [-0.05, 0) is 19.4 Å². The first kappa shape index (κ1) is 14.9. The summed E-state index contributed by atoms with van der Waals surface area (Å²) in [7, 11) is 0. The van der Waals surface area contributed by atoms with Crippen LogP contribution in [-0.4, -0.2) is 29.9 Å². The molecule has 1 rings (SSSR count). The molecule has 0 spiro atoms. The fourth-order valence-electron chi connectivity index (χ4n) is 1.51. The molecular formula is C13H20N4O2. The molecule has 0 aliphatic carbocycles. The number of nitrogens with one attached hydrogen (secondary N) is 2. The third kappa shape index (κ3) is 4.95. The number of rotatable bonds is 6. The second-order valence-electron chi connectivity index (χ2n) is 4.27. The highest BCUT2D eigenvalue weighted by Crippen LogP contribution is 2.10. The maximum atomic E-state index is 11.8. The van der Waals surface area contributed by atoms with Crippen LogP contribution in [0.5, 0.6) is 0 Å². The number of hydrogen-bond donors (Lipinski definition) is 3. The van der Waals surface area contributed by atoms with E-state index in [9.17, 15) is 9.59 Å². The first-order valence-corrected chi connectivity index (χ1v) is 6.31. The van der Waals surface area contributed by atoms with Crippen molar-refractivity contribution in [1.29, 1.82) is 0 Å². The summed E-state index contributed by atoms with van der Waals surface area (Å²) in [4.78, 5) is 27.2. The average Bonchev–Trinajstić information content (AvgIpc) is 2.36. The molecule has 0 atom stereocenters. The fourth-order valence-corrected chi connectivity index (χ4v) is 1.51. The molecule has 1 aromatic heterocycles. The quantitative estimate of drug-likeness (QED) is 0.701. The number of nitrogens with zero attached hydrogens (tertiary/aromatic N) is 1. The van der Waals surface area contributed by atoms with E-state index in [1.54, 1.807) is 13.0 Å². The van der Waals surface area contributed by atoms with E-state index < -0.39 is 0 Å². The van der Waals surface area contributed by atoms with Crippen LogP contribution in [0.2, 0.25) is 0 Å². The van der Waals surface area contributed by atoms with Gasteiger partial charge in [-0.3, -0.25) is 14.6 Å². The number of amides is 2. The molecule has 1 heterocycles. The van der Waals surface area contributed by atoms with Crippen LogP contribution in [0.25, 0.3) is 0 Å². The second-order valence-corrected chi connectivity index (χ2v) is 4.27. The normalized spacial score (nSPS) is 10.0. The van der Waals surface area contributed by atoms with E-state index in [4.69, 9.17) is 5.73 Å². The monoisotopic (exact) mass is 264 g/mol. The summed E-state index contributed by atoms with van der Waals surface area (Å²) in [6.45, 7) is 4.72.